The Morgan fingerprint density at radius 2 is 1.90 bits per heavy atom. The Kier molecular flexibility index (Phi) is 5.36. The summed E-state index contributed by atoms with van der Waals surface area (Å²) in [5.41, 5.74) is 2.67. The number of hydrogen-bond donors (Lipinski definition) is 0. The Hall–Kier alpha value is -2.38. The number of fused-ring (bicyclic) bond motifs is 1. The zero-order valence-corrected chi connectivity index (χ0v) is 18.5. The maximum atomic E-state index is 13.6. The molecule has 0 bridgehead atoms. The average Bonchev–Trinajstić information content (AvgIpc) is 3.35. The minimum Gasteiger partial charge on any atom is -0.458 e. The predicted octanol–water partition coefficient (Wildman–Crippen LogP) is 4.43. The number of aryl methyl sites for hydroxylation is 2. The van der Waals surface area contributed by atoms with Gasteiger partial charge in [0.25, 0.3) is 0 Å². The van der Waals surface area contributed by atoms with E-state index in [1.807, 2.05) is 13.0 Å². The predicted molar refractivity (Wildman–Crippen MR) is 114 cm³/mol. The molecule has 0 radical (unpaired) electrons. The van der Waals surface area contributed by atoms with Crippen LogP contribution in [-0.4, -0.2) is 28.5 Å². The molecular weight excluding hydrogens is 424 g/mol. The second kappa shape index (κ2) is 7.71. The van der Waals surface area contributed by atoms with Gasteiger partial charge in [-0.2, -0.15) is 0 Å². The number of hydrogen-bond acceptors (Lipinski definition) is 5. The van der Waals surface area contributed by atoms with Crippen LogP contribution in [0.3, 0.4) is 0 Å². The van der Waals surface area contributed by atoms with E-state index in [1.54, 1.807) is 48.0 Å². The number of aromatic nitrogens is 2. The standard InChI is InChI=1S/C22H23ClN2O4S/c1-15-5-6-16(2)19(11-15)30(27,28)22(9-3-4-10-22)21(26)29-14-18-13-25-12-17(23)7-8-20(25)24-18/h5-8,11-13H,3-4,9-10,14H2,1-2H3. The van der Waals surface area contributed by atoms with Crippen LogP contribution in [0.25, 0.3) is 5.65 Å². The van der Waals surface area contributed by atoms with Gasteiger partial charge in [-0.3, -0.25) is 4.79 Å². The van der Waals surface area contributed by atoms with Gasteiger partial charge < -0.3 is 9.14 Å². The molecule has 1 aliphatic rings. The molecule has 30 heavy (non-hydrogen) atoms. The average molecular weight is 447 g/mol. The second-order valence-electron chi connectivity index (χ2n) is 7.89. The fourth-order valence-corrected chi connectivity index (χ4v) is 6.62. The van der Waals surface area contributed by atoms with Crippen molar-refractivity contribution in [3.05, 3.63) is 64.6 Å². The first kappa shape index (κ1) is 20.9. The molecule has 0 spiro atoms. The molecule has 2 aromatic heterocycles. The SMILES string of the molecule is Cc1ccc(C)c(S(=O)(=O)C2(C(=O)OCc3cn4cc(Cl)ccc4n3)CCCC2)c1. The van der Waals surface area contributed by atoms with Crippen molar-refractivity contribution in [3.63, 3.8) is 0 Å². The molecular formula is C22H23ClN2O4S. The lowest BCUT2D eigenvalue weighted by atomic mass is 10.1. The smallest absolute Gasteiger partial charge is 0.328 e. The van der Waals surface area contributed by atoms with E-state index in [0.717, 1.165) is 5.56 Å². The molecule has 8 heteroatoms. The van der Waals surface area contributed by atoms with Crippen molar-refractivity contribution in [1.29, 1.82) is 0 Å². The van der Waals surface area contributed by atoms with E-state index in [1.165, 1.54) is 0 Å². The van der Waals surface area contributed by atoms with Crippen molar-refractivity contribution < 1.29 is 17.9 Å². The monoisotopic (exact) mass is 446 g/mol. The highest BCUT2D eigenvalue weighted by atomic mass is 35.5. The summed E-state index contributed by atoms with van der Waals surface area (Å²) in [4.78, 5) is 17.8. The van der Waals surface area contributed by atoms with Crippen LogP contribution >= 0.6 is 11.6 Å². The highest BCUT2D eigenvalue weighted by Gasteiger charge is 2.54. The van der Waals surface area contributed by atoms with E-state index in [2.05, 4.69) is 4.98 Å². The maximum Gasteiger partial charge on any atom is 0.328 e. The van der Waals surface area contributed by atoms with E-state index in [4.69, 9.17) is 16.3 Å². The van der Waals surface area contributed by atoms with Crippen molar-refractivity contribution in [2.24, 2.45) is 0 Å². The van der Waals surface area contributed by atoms with Crippen LogP contribution in [0.1, 0.15) is 42.5 Å². The third-order valence-electron chi connectivity index (χ3n) is 5.75. The second-order valence-corrected chi connectivity index (χ2v) is 10.6. The molecule has 0 N–H and O–H groups in total. The fourth-order valence-electron chi connectivity index (χ4n) is 4.09. The lowest BCUT2D eigenvalue weighted by Crippen LogP contribution is -2.45. The number of carbonyl (C=O) groups is 1. The van der Waals surface area contributed by atoms with Crippen LogP contribution < -0.4 is 0 Å². The summed E-state index contributed by atoms with van der Waals surface area (Å²) in [5.74, 6) is -0.698. The zero-order chi connectivity index (χ0) is 21.5. The normalized spacial score (nSPS) is 16.1. The maximum absolute atomic E-state index is 13.6. The molecule has 0 aliphatic heterocycles. The molecule has 0 saturated heterocycles. The summed E-state index contributed by atoms with van der Waals surface area (Å²) in [6, 6.07) is 8.77. The number of halogens is 1. The van der Waals surface area contributed by atoms with E-state index in [0.29, 0.717) is 34.8 Å². The van der Waals surface area contributed by atoms with E-state index < -0.39 is 20.6 Å². The summed E-state index contributed by atoms with van der Waals surface area (Å²) in [6.45, 7) is 3.50. The molecule has 1 saturated carbocycles. The Labute approximate surface area is 180 Å². The van der Waals surface area contributed by atoms with Crippen molar-refractivity contribution in [3.8, 4) is 0 Å². The Balaban J connectivity index is 1.62. The first-order chi connectivity index (χ1) is 14.2. The summed E-state index contributed by atoms with van der Waals surface area (Å²) in [6.07, 6.45) is 5.30. The Bertz CT molecular complexity index is 1230. The van der Waals surface area contributed by atoms with Crippen LogP contribution in [0.2, 0.25) is 5.02 Å². The summed E-state index contributed by atoms with van der Waals surface area (Å²) < 4.78 is 33.0. The largest absolute Gasteiger partial charge is 0.458 e. The number of imidazole rings is 1. The van der Waals surface area contributed by atoms with E-state index in [9.17, 15) is 13.2 Å². The first-order valence-corrected chi connectivity index (χ1v) is 11.7. The summed E-state index contributed by atoms with van der Waals surface area (Å²) in [5, 5.41) is 0.563. The van der Waals surface area contributed by atoms with Gasteiger partial charge in [0, 0.05) is 12.4 Å². The number of esters is 1. The van der Waals surface area contributed by atoms with Crippen LogP contribution in [-0.2, 0) is 26.0 Å². The number of benzene rings is 1. The van der Waals surface area contributed by atoms with Crippen LogP contribution in [0.4, 0.5) is 0 Å². The van der Waals surface area contributed by atoms with Gasteiger partial charge in [0.05, 0.1) is 15.6 Å². The first-order valence-electron chi connectivity index (χ1n) is 9.85. The summed E-state index contributed by atoms with van der Waals surface area (Å²) >= 11 is 5.99. The molecule has 3 aromatic rings. The van der Waals surface area contributed by atoms with E-state index >= 15 is 0 Å². The van der Waals surface area contributed by atoms with Gasteiger partial charge in [-0.1, -0.05) is 36.6 Å². The molecule has 6 nitrogen and oxygen atoms in total. The number of nitrogens with zero attached hydrogens (tertiary/aromatic N) is 2. The van der Waals surface area contributed by atoms with Gasteiger partial charge in [0.2, 0.25) is 0 Å². The number of ether oxygens (including phenoxy) is 1. The van der Waals surface area contributed by atoms with Gasteiger partial charge in [-0.15, -0.1) is 0 Å². The van der Waals surface area contributed by atoms with Gasteiger partial charge in [0.15, 0.2) is 14.6 Å². The molecule has 0 atom stereocenters. The quantitative estimate of drug-likeness (QED) is 0.541. The molecule has 4 rings (SSSR count). The minimum absolute atomic E-state index is 0.0950. The zero-order valence-electron chi connectivity index (χ0n) is 16.9. The Morgan fingerprint density at radius 1 is 1.17 bits per heavy atom. The minimum atomic E-state index is -3.90. The van der Waals surface area contributed by atoms with Gasteiger partial charge >= 0.3 is 5.97 Å². The van der Waals surface area contributed by atoms with E-state index in [-0.39, 0.29) is 24.3 Å². The highest BCUT2D eigenvalue weighted by molar-refractivity contribution is 7.93. The van der Waals surface area contributed by atoms with Crippen LogP contribution in [0.15, 0.2) is 47.6 Å². The Morgan fingerprint density at radius 3 is 2.63 bits per heavy atom. The summed E-state index contributed by atoms with van der Waals surface area (Å²) in [7, 11) is -3.90. The van der Waals surface area contributed by atoms with Gasteiger partial charge in [0.1, 0.15) is 12.3 Å². The number of rotatable bonds is 5. The molecule has 0 unspecified atom stereocenters. The van der Waals surface area contributed by atoms with Crippen molar-refractivity contribution in [1.82, 2.24) is 9.38 Å². The number of sulfone groups is 1. The van der Waals surface area contributed by atoms with Crippen molar-refractivity contribution >= 4 is 33.1 Å². The van der Waals surface area contributed by atoms with Crippen molar-refractivity contribution in [2.45, 2.75) is 55.8 Å². The van der Waals surface area contributed by atoms with Crippen LogP contribution in [0, 0.1) is 13.8 Å². The molecule has 1 fully saturated rings. The third-order valence-corrected chi connectivity index (χ3v) is 8.59. The lowest BCUT2D eigenvalue weighted by molar-refractivity contribution is -0.148. The van der Waals surface area contributed by atoms with Gasteiger partial charge in [-0.05, 0) is 56.0 Å². The third kappa shape index (κ3) is 3.50. The number of carbonyl (C=O) groups excluding carboxylic acids is 1. The highest BCUT2D eigenvalue weighted by Crippen LogP contribution is 2.42. The van der Waals surface area contributed by atoms with Gasteiger partial charge in [-0.25, -0.2) is 13.4 Å². The number of pyridine rings is 1. The van der Waals surface area contributed by atoms with Crippen LogP contribution in [0.5, 0.6) is 0 Å². The molecule has 2 heterocycles. The fraction of sp³-hybridized carbons (Fsp3) is 0.364. The van der Waals surface area contributed by atoms with Crippen molar-refractivity contribution in [2.75, 3.05) is 0 Å². The molecule has 1 aliphatic carbocycles. The molecule has 158 valence electrons. The molecule has 1 aromatic carbocycles. The molecule has 0 amide bonds. The lowest BCUT2D eigenvalue weighted by Gasteiger charge is -2.27. The topological polar surface area (TPSA) is 77.7 Å².